The summed E-state index contributed by atoms with van der Waals surface area (Å²) in [7, 11) is 0. The Morgan fingerprint density at radius 2 is 1.83 bits per heavy atom. The van der Waals surface area contributed by atoms with Gasteiger partial charge in [-0.25, -0.2) is 0 Å². The molecule has 0 fully saturated rings. The first-order valence-corrected chi connectivity index (χ1v) is 6.43. The van der Waals surface area contributed by atoms with Gasteiger partial charge in [-0.3, -0.25) is 5.41 Å². The summed E-state index contributed by atoms with van der Waals surface area (Å²) in [5.41, 5.74) is 6.85. The highest BCUT2D eigenvalue weighted by atomic mass is 16.5. The van der Waals surface area contributed by atoms with E-state index < -0.39 is 0 Å². The van der Waals surface area contributed by atoms with Crippen molar-refractivity contribution in [1.29, 1.82) is 5.41 Å². The maximum absolute atomic E-state index is 7.31. The van der Waals surface area contributed by atoms with Crippen molar-refractivity contribution in [2.75, 3.05) is 0 Å². The third-order valence-electron chi connectivity index (χ3n) is 2.93. The minimum Gasteiger partial charge on any atom is -0.490 e. The van der Waals surface area contributed by atoms with Gasteiger partial charge >= 0.3 is 0 Å². The van der Waals surface area contributed by atoms with E-state index in [-0.39, 0.29) is 17.4 Å². The summed E-state index contributed by atoms with van der Waals surface area (Å²) in [5.74, 6) is 1.02. The number of rotatable bonds is 5. The van der Waals surface area contributed by atoms with Crippen LogP contribution in [0.2, 0.25) is 0 Å². The van der Waals surface area contributed by atoms with Crippen LogP contribution in [-0.2, 0) is 5.41 Å². The van der Waals surface area contributed by atoms with Gasteiger partial charge in [0.1, 0.15) is 11.9 Å². The zero-order valence-electron chi connectivity index (χ0n) is 11.8. The lowest BCUT2D eigenvalue weighted by Gasteiger charge is -2.21. The van der Waals surface area contributed by atoms with E-state index in [0.717, 1.165) is 12.2 Å². The van der Waals surface area contributed by atoms with Gasteiger partial charge in [-0.15, -0.1) is 0 Å². The van der Waals surface area contributed by atoms with Gasteiger partial charge < -0.3 is 10.5 Å². The third kappa shape index (κ3) is 4.40. The van der Waals surface area contributed by atoms with E-state index >= 15 is 0 Å². The molecule has 1 unspecified atom stereocenters. The molecule has 0 saturated heterocycles. The van der Waals surface area contributed by atoms with Crippen LogP contribution < -0.4 is 10.5 Å². The first-order valence-electron chi connectivity index (χ1n) is 6.43. The van der Waals surface area contributed by atoms with Crippen LogP contribution in [0.25, 0.3) is 0 Å². The molecule has 1 aromatic carbocycles. The molecule has 0 amide bonds. The van der Waals surface area contributed by atoms with Gasteiger partial charge in [-0.1, -0.05) is 39.8 Å². The van der Waals surface area contributed by atoms with Crippen molar-refractivity contribution in [2.45, 2.75) is 52.1 Å². The monoisotopic (exact) mass is 248 g/mol. The molecule has 0 radical (unpaired) electrons. The number of hydrogen-bond donors (Lipinski definition) is 2. The number of nitrogens with two attached hydrogens (primary N) is 1. The number of amidine groups is 1. The highest BCUT2D eigenvalue weighted by Gasteiger charge is 2.14. The molecule has 1 atom stereocenters. The minimum atomic E-state index is -0.0111. The average Bonchev–Trinajstić information content (AvgIpc) is 2.27. The largest absolute Gasteiger partial charge is 0.490 e. The van der Waals surface area contributed by atoms with Crippen LogP contribution in [0, 0.1) is 5.41 Å². The van der Waals surface area contributed by atoms with Crippen molar-refractivity contribution < 1.29 is 4.74 Å². The lowest BCUT2D eigenvalue weighted by atomic mass is 9.87. The Bertz CT molecular complexity index is 390. The molecule has 0 saturated carbocycles. The van der Waals surface area contributed by atoms with E-state index in [2.05, 4.69) is 32.9 Å². The van der Waals surface area contributed by atoms with Crippen LogP contribution in [0.1, 0.15) is 46.1 Å². The molecule has 0 bridgehead atoms. The Labute approximate surface area is 110 Å². The average molecular weight is 248 g/mol. The number of benzene rings is 1. The van der Waals surface area contributed by atoms with Crippen LogP contribution in [-0.4, -0.2) is 11.9 Å². The number of nitrogens with one attached hydrogen (secondary N) is 1. The molecule has 0 aliphatic heterocycles. The SMILES string of the molecule is CCC(CC(=N)N)Oc1ccc(C(C)(C)C)cc1. The molecule has 1 rings (SSSR count). The molecule has 18 heavy (non-hydrogen) atoms. The van der Waals surface area contributed by atoms with E-state index in [1.54, 1.807) is 0 Å². The number of hydrogen-bond acceptors (Lipinski definition) is 2. The fraction of sp³-hybridized carbons (Fsp3) is 0.533. The van der Waals surface area contributed by atoms with E-state index in [1.807, 2.05) is 19.1 Å². The first kappa shape index (κ1) is 14.6. The zero-order valence-corrected chi connectivity index (χ0v) is 11.8. The van der Waals surface area contributed by atoms with Gasteiger partial charge in [-0.05, 0) is 29.5 Å². The molecule has 0 heterocycles. The summed E-state index contributed by atoms with van der Waals surface area (Å²) in [4.78, 5) is 0. The van der Waals surface area contributed by atoms with E-state index in [0.29, 0.717) is 6.42 Å². The van der Waals surface area contributed by atoms with E-state index in [1.165, 1.54) is 5.56 Å². The number of ether oxygens (including phenoxy) is 1. The molecule has 1 aromatic rings. The standard InChI is InChI=1S/C15H24N2O/c1-5-12(10-14(16)17)18-13-8-6-11(7-9-13)15(2,3)4/h6-9,12H,5,10H2,1-4H3,(H3,16,17). The van der Waals surface area contributed by atoms with Crippen molar-refractivity contribution >= 4 is 5.84 Å². The van der Waals surface area contributed by atoms with E-state index in [4.69, 9.17) is 15.9 Å². The van der Waals surface area contributed by atoms with Crippen molar-refractivity contribution in [2.24, 2.45) is 5.73 Å². The third-order valence-corrected chi connectivity index (χ3v) is 2.93. The predicted molar refractivity (Wildman–Crippen MR) is 76.4 cm³/mol. The van der Waals surface area contributed by atoms with Crippen molar-refractivity contribution in [3.63, 3.8) is 0 Å². The van der Waals surface area contributed by atoms with Gasteiger partial charge in [0.2, 0.25) is 0 Å². The molecule has 3 heteroatoms. The quantitative estimate of drug-likeness (QED) is 0.619. The van der Waals surface area contributed by atoms with Gasteiger partial charge in [0.25, 0.3) is 0 Å². The fourth-order valence-corrected chi connectivity index (χ4v) is 1.74. The Kier molecular flexibility index (Phi) is 4.76. The highest BCUT2D eigenvalue weighted by molar-refractivity contribution is 5.77. The topological polar surface area (TPSA) is 59.1 Å². The Balaban J connectivity index is 2.71. The van der Waals surface area contributed by atoms with Gasteiger partial charge in [0.15, 0.2) is 0 Å². The maximum atomic E-state index is 7.31. The molecule has 3 N–H and O–H groups in total. The maximum Gasteiger partial charge on any atom is 0.119 e. The van der Waals surface area contributed by atoms with Crippen molar-refractivity contribution in [1.82, 2.24) is 0 Å². The predicted octanol–water partition coefficient (Wildman–Crippen LogP) is 3.47. The second-order valence-electron chi connectivity index (χ2n) is 5.65. The van der Waals surface area contributed by atoms with Crippen LogP contribution >= 0.6 is 0 Å². The zero-order chi connectivity index (χ0) is 13.8. The summed E-state index contributed by atoms with van der Waals surface area (Å²) in [6, 6.07) is 8.17. The Morgan fingerprint density at radius 1 is 1.28 bits per heavy atom. The summed E-state index contributed by atoms with van der Waals surface area (Å²) in [6.07, 6.45) is 1.32. The second-order valence-corrected chi connectivity index (χ2v) is 5.65. The van der Waals surface area contributed by atoms with Crippen LogP contribution in [0.4, 0.5) is 0 Å². The smallest absolute Gasteiger partial charge is 0.119 e. The highest BCUT2D eigenvalue weighted by Crippen LogP contribution is 2.25. The lowest BCUT2D eigenvalue weighted by Crippen LogP contribution is -2.24. The van der Waals surface area contributed by atoms with Crippen LogP contribution in [0.3, 0.4) is 0 Å². The van der Waals surface area contributed by atoms with Crippen molar-refractivity contribution in [3.05, 3.63) is 29.8 Å². The molecule has 3 nitrogen and oxygen atoms in total. The molecule has 0 spiro atoms. The minimum absolute atomic E-state index is 0.0111. The summed E-state index contributed by atoms with van der Waals surface area (Å²) in [5, 5.41) is 7.31. The summed E-state index contributed by atoms with van der Waals surface area (Å²) in [6.45, 7) is 8.60. The molecule has 0 aliphatic rings. The normalized spacial score (nSPS) is 13.1. The van der Waals surface area contributed by atoms with Gasteiger partial charge in [0.05, 0.1) is 5.84 Å². The lowest BCUT2D eigenvalue weighted by molar-refractivity contribution is 0.204. The fourth-order valence-electron chi connectivity index (χ4n) is 1.74. The van der Waals surface area contributed by atoms with E-state index in [9.17, 15) is 0 Å². The van der Waals surface area contributed by atoms with Gasteiger partial charge in [-0.2, -0.15) is 0 Å². The summed E-state index contributed by atoms with van der Waals surface area (Å²) < 4.78 is 5.82. The molecular formula is C15H24N2O. The van der Waals surface area contributed by atoms with Crippen LogP contribution in [0.15, 0.2) is 24.3 Å². The molecule has 0 aliphatic carbocycles. The molecule has 0 aromatic heterocycles. The van der Waals surface area contributed by atoms with Crippen molar-refractivity contribution in [3.8, 4) is 5.75 Å². The summed E-state index contributed by atoms with van der Waals surface area (Å²) >= 11 is 0. The van der Waals surface area contributed by atoms with Crippen LogP contribution in [0.5, 0.6) is 5.75 Å². The first-order chi connectivity index (χ1) is 8.32. The van der Waals surface area contributed by atoms with Gasteiger partial charge in [0, 0.05) is 6.42 Å². The Morgan fingerprint density at radius 3 is 2.22 bits per heavy atom. The molecule has 100 valence electrons. The second kappa shape index (κ2) is 5.89. The molecular weight excluding hydrogens is 224 g/mol. The Hall–Kier alpha value is -1.51.